The first kappa shape index (κ1) is 16.3. The molecule has 0 saturated heterocycles. The van der Waals surface area contributed by atoms with E-state index in [1.165, 1.54) is 0 Å². The first-order valence-corrected chi connectivity index (χ1v) is 8.97. The summed E-state index contributed by atoms with van der Waals surface area (Å²) in [6.07, 6.45) is 6.50. The number of nitrogens with zero attached hydrogens (tertiary/aromatic N) is 2. The van der Waals surface area contributed by atoms with E-state index < -0.39 is 10.0 Å². The first-order chi connectivity index (χ1) is 9.96. The van der Waals surface area contributed by atoms with Crippen LogP contribution in [0.5, 0.6) is 0 Å². The van der Waals surface area contributed by atoms with Gasteiger partial charge in [0.15, 0.2) is 0 Å². The Bertz CT molecular complexity index is 602. The third kappa shape index (κ3) is 3.56. The van der Waals surface area contributed by atoms with Crippen molar-refractivity contribution in [2.45, 2.75) is 44.7 Å². The van der Waals surface area contributed by atoms with Crippen LogP contribution >= 0.6 is 0 Å². The Labute approximate surface area is 127 Å². The molecule has 0 aromatic carbocycles. The molecule has 0 atom stereocenters. The summed E-state index contributed by atoms with van der Waals surface area (Å²) in [5, 5.41) is 3.26. The van der Waals surface area contributed by atoms with E-state index in [1.54, 1.807) is 16.6 Å². The van der Waals surface area contributed by atoms with Crippen molar-refractivity contribution in [3.05, 3.63) is 30.1 Å². The second-order valence-electron chi connectivity index (χ2n) is 5.57. The molecule has 0 bridgehead atoms. The highest BCUT2D eigenvalue weighted by Gasteiger charge is 2.26. The Hall–Kier alpha value is -1.11. The minimum atomic E-state index is -3.39. The van der Waals surface area contributed by atoms with Crippen molar-refractivity contribution in [1.82, 2.24) is 14.2 Å². The average Bonchev–Trinajstić information content (AvgIpc) is 2.91. The molecule has 1 aliphatic rings. The third-order valence-electron chi connectivity index (χ3n) is 3.68. The standard InChI is InChI=1S/C15H25N3O2S/c1-4-16-11-14-10-15(12-18(14)13(2)3)21(19,20)17-8-6-5-7-9-17/h5-6,10,12-13,16H,4,7-9,11H2,1-3H3. The van der Waals surface area contributed by atoms with Crippen LogP contribution in [0.25, 0.3) is 0 Å². The molecule has 6 heteroatoms. The van der Waals surface area contributed by atoms with E-state index in [0.29, 0.717) is 24.5 Å². The summed E-state index contributed by atoms with van der Waals surface area (Å²) in [7, 11) is -3.39. The van der Waals surface area contributed by atoms with Crippen molar-refractivity contribution in [3.8, 4) is 0 Å². The summed E-state index contributed by atoms with van der Waals surface area (Å²) >= 11 is 0. The minimum absolute atomic E-state index is 0.240. The zero-order valence-corrected chi connectivity index (χ0v) is 13.9. The lowest BCUT2D eigenvalue weighted by atomic mass is 10.3. The van der Waals surface area contributed by atoms with Gasteiger partial charge in [-0.15, -0.1) is 0 Å². The zero-order chi connectivity index (χ0) is 15.5. The van der Waals surface area contributed by atoms with Crippen LogP contribution in [-0.4, -0.2) is 36.9 Å². The normalized spacial score (nSPS) is 16.8. The zero-order valence-electron chi connectivity index (χ0n) is 13.0. The monoisotopic (exact) mass is 311 g/mol. The van der Waals surface area contributed by atoms with Crippen LogP contribution in [0.2, 0.25) is 0 Å². The molecule has 0 spiro atoms. The Morgan fingerprint density at radius 2 is 2.10 bits per heavy atom. The molecule has 5 nitrogen and oxygen atoms in total. The lowest BCUT2D eigenvalue weighted by molar-refractivity contribution is 0.437. The molecule has 0 saturated carbocycles. The van der Waals surface area contributed by atoms with E-state index >= 15 is 0 Å². The largest absolute Gasteiger partial charge is 0.346 e. The molecule has 0 aliphatic carbocycles. The van der Waals surface area contributed by atoms with Gasteiger partial charge in [-0.3, -0.25) is 0 Å². The number of nitrogens with one attached hydrogen (secondary N) is 1. The van der Waals surface area contributed by atoms with Crippen LogP contribution in [0.1, 0.15) is 38.9 Å². The van der Waals surface area contributed by atoms with Crippen molar-refractivity contribution >= 4 is 10.0 Å². The van der Waals surface area contributed by atoms with Crippen molar-refractivity contribution in [3.63, 3.8) is 0 Å². The Kier molecular flexibility index (Phi) is 5.24. The maximum Gasteiger partial charge on any atom is 0.244 e. The highest BCUT2D eigenvalue weighted by Crippen LogP contribution is 2.23. The Morgan fingerprint density at radius 1 is 1.33 bits per heavy atom. The van der Waals surface area contributed by atoms with E-state index in [0.717, 1.165) is 18.7 Å². The number of sulfonamides is 1. The molecule has 0 unspecified atom stereocenters. The van der Waals surface area contributed by atoms with Crippen LogP contribution < -0.4 is 5.32 Å². The molecule has 1 aromatic heterocycles. The van der Waals surface area contributed by atoms with E-state index in [1.807, 2.05) is 23.6 Å². The highest BCUT2D eigenvalue weighted by atomic mass is 32.2. The second kappa shape index (κ2) is 6.77. The summed E-state index contributed by atoms with van der Waals surface area (Å²) in [6, 6.07) is 2.04. The average molecular weight is 311 g/mol. The molecular formula is C15H25N3O2S. The SMILES string of the molecule is CCNCc1cc(S(=O)(=O)N2CC=CCC2)cn1C(C)C. The van der Waals surface area contributed by atoms with Gasteiger partial charge in [0.1, 0.15) is 4.90 Å². The van der Waals surface area contributed by atoms with E-state index in [9.17, 15) is 8.42 Å². The molecule has 118 valence electrons. The number of hydrogen-bond acceptors (Lipinski definition) is 3. The van der Waals surface area contributed by atoms with Gasteiger partial charge in [0.25, 0.3) is 0 Å². The fraction of sp³-hybridized carbons (Fsp3) is 0.600. The van der Waals surface area contributed by atoms with Gasteiger partial charge >= 0.3 is 0 Å². The van der Waals surface area contributed by atoms with Crippen LogP contribution in [0.3, 0.4) is 0 Å². The van der Waals surface area contributed by atoms with Crippen LogP contribution in [0, 0.1) is 0 Å². The highest BCUT2D eigenvalue weighted by molar-refractivity contribution is 7.89. The third-order valence-corrected chi connectivity index (χ3v) is 5.51. The van der Waals surface area contributed by atoms with Gasteiger partial charge < -0.3 is 9.88 Å². The first-order valence-electron chi connectivity index (χ1n) is 7.53. The lowest BCUT2D eigenvalue weighted by Gasteiger charge is -2.22. The molecule has 21 heavy (non-hydrogen) atoms. The minimum Gasteiger partial charge on any atom is -0.346 e. The summed E-state index contributed by atoms with van der Waals surface area (Å²) in [5.41, 5.74) is 1.01. The molecule has 1 aromatic rings. The van der Waals surface area contributed by atoms with E-state index in [2.05, 4.69) is 19.2 Å². The van der Waals surface area contributed by atoms with Crippen molar-refractivity contribution < 1.29 is 8.42 Å². The Balaban J connectivity index is 2.32. The fourth-order valence-electron chi connectivity index (χ4n) is 2.50. The molecule has 2 rings (SSSR count). The molecule has 0 radical (unpaired) electrons. The summed E-state index contributed by atoms with van der Waals surface area (Å²) in [6.45, 7) is 8.75. The topological polar surface area (TPSA) is 54.3 Å². The van der Waals surface area contributed by atoms with Crippen molar-refractivity contribution in [2.75, 3.05) is 19.6 Å². The maximum absolute atomic E-state index is 12.7. The molecule has 0 amide bonds. The second-order valence-corrected chi connectivity index (χ2v) is 7.51. The van der Waals surface area contributed by atoms with Gasteiger partial charge in [-0.1, -0.05) is 19.1 Å². The van der Waals surface area contributed by atoms with Crippen LogP contribution in [-0.2, 0) is 16.6 Å². The number of hydrogen-bond donors (Lipinski definition) is 1. The van der Waals surface area contributed by atoms with Crippen LogP contribution in [0.4, 0.5) is 0 Å². The van der Waals surface area contributed by atoms with Crippen molar-refractivity contribution in [1.29, 1.82) is 0 Å². The number of aromatic nitrogens is 1. The van der Waals surface area contributed by atoms with Gasteiger partial charge in [0, 0.05) is 37.6 Å². The number of rotatable bonds is 6. The smallest absolute Gasteiger partial charge is 0.244 e. The van der Waals surface area contributed by atoms with Gasteiger partial charge in [0.05, 0.1) is 0 Å². The fourth-order valence-corrected chi connectivity index (χ4v) is 3.96. The van der Waals surface area contributed by atoms with Crippen LogP contribution in [0.15, 0.2) is 29.3 Å². The molecular weight excluding hydrogens is 286 g/mol. The van der Waals surface area contributed by atoms with Gasteiger partial charge in [0.2, 0.25) is 10.0 Å². The van der Waals surface area contributed by atoms with Gasteiger partial charge in [-0.2, -0.15) is 4.31 Å². The molecule has 0 fully saturated rings. The lowest BCUT2D eigenvalue weighted by Crippen LogP contribution is -2.33. The predicted molar refractivity (Wildman–Crippen MR) is 84.7 cm³/mol. The van der Waals surface area contributed by atoms with Gasteiger partial charge in [-0.25, -0.2) is 8.42 Å². The predicted octanol–water partition coefficient (Wildman–Crippen LogP) is 2.13. The van der Waals surface area contributed by atoms with E-state index in [4.69, 9.17) is 0 Å². The molecule has 1 N–H and O–H groups in total. The quantitative estimate of drug-likeness (QED) is 0.819. The summed E-state index contributed by atoms with van der Waals surface area (Å²) in [5.74, 6) is 0. The van der Waals surface area contributed by atoms with Crippen molar-refractivity contribution in [2.24, 2.45) is 0 Å². The van der Waals surface area contributed by atoms with E-state index in [-0.39, 0.29) is 6.04 Å². The summed E-state index contributed by atoms with van der Waals surface area (Å²) < 4.78 is 29.0. The molecule has 1 aliphatic heterocycles. The van der Waals surface area contributed by atoms with Gasteiger partial charge in [-0.05, 0) is 32.9 Å². The Morgan fingerprint density at radius 3 is 2.67 bits per heavy atom. The maximum atomic E-state index is 12.7. The molecule has 2 heterocycles. The summed E-state index contributed by atoms with van der Waals surface area (Å²) in [4.78, 5) is 0.402.